The summed E-state index contributed by atoms with van der Waals surface area (Å²) >= 11 is 0. The fourth-order valence-corrected chi connectivity index (χ4v) is 1.57. The molecule has 1 fully saturated rings. The number of ketones is 1. The summed E-state index contributed by atoms with van der Waals surface area (Å²) in [5.41, 5.74) is -0.494. The molecule has 0 spiro atoms. The zero-order valence-electron chi connectivity index (χ0n) is 6.59. The van der Waals surface area contributed by atoms with E-state index in [0.29, 0.717) is 6.42 Å². The minimum atomic E-state index is -1.27. The van der Waals surface area contributed by atoms with Crippen molar-refractivity contribution in [2.24, 2.45) is 5.41 Å². The molecular weight excluding hydrogens is 144 g/mol. The first-order valence-electron chi connectivity index (χ1n) is 3.90. The third kappa shape index (κ3) is 1.15. The lowest BCUT2D eigenvalue weighted by molar-refractivity contribution is -0.157. The minimum absolute atomic E-state index is 0.494. The van der Waals surface area contributed by atoms with Gasteiger partial charge >= 0.3 is 5.97 Å². The van der Waals surface area contributed by atoms with Gasteiger partial charge in [0.15, 0.2) is 0 Å². The molecule has 0 bridgehead atoms. The van der Waals surface area contributed by atoms with Gasteiger partial charge < -0.3 is 5.11 Å². The monoisotopic (exact) mass is 156 g/mol. The lowest BCUT2D eigenvalue weighted by Crippen LogP contribution is -2.41. The van der Waals surface area contributed by atoms with Crippen LogP contribution in [-0.2, 0) is 9.59 Å². The van der Waals surface area contributed by atoms with Crippen molar-refractivity contribution >= 4 is 11.8 Å². The largest absolute Gasteiger partial charge is 0.475 e. The highest BCUT2D eigenvalue weighted by molar-refractivity contribution is 6.35. The number of hydrogen-bond acceptors (Lipinski definition) is 2. The normalized spacial score (nSPS) is 20.5. The summed E-state index contributed by atoms with van der Waals surface area (Å²) in [7, 11) is 0. The van der Waals surface area contributed by atoms with Crippen molar-refractivity contribution < 1.29 is 14.7 Å². The van der Waals surface area contributed by atoms with Gasteiger partial charge in [-0.15, -0.1) is 0 Å². The molecule has 0 saturated heterocycles. The Morgan fingerprint density at radius 2 is 2.00 bits per heavy atom. The van der Waals surface area contributed by atoms with Gasteiger partial charge in [-0.3, -0.25) is 4.79 Å². The zero-order valence-corrected chi connectivity index (χ0v) is 6.59. The Morgan fingerprint density at radius 1 is 1.45 bits per heavy atom. The Kier molecular flexibility index (Phi) is 1.98. The Morgan fingerprint density at radius 3 is 2.09 bits per heavy atom. The summed E-state index contributed by atoms with van der Waals surface area (Å²) in [6, 6.07) is 0. The van der Waals surface area contributed by atoms with Crippen LogP contribution in [0, 0.1) is 5.41 Å². The van der Waals surface area contributed by atoms with Gasteiger partial charge in [0.25, 0.3) is 0 Å². The lowest BCUT2D eigenvalue weighted by Gasteiger charge is -2.37. The van der Waals surface area contributed by atoms with Crippen molar-refractivity contribution in [1.29, 1.82) is 0 Å². The van der Waals surface area contributed by atoms with E-state index < -0.39 is 17.2 Å². The van der Waals surface area contributed by atoms with Crippen LogP contribution in [-0.4, -0.2) is 16.9 Å². The fraction of sp³-hybridized carbons (Fsp3) is 0.750. The van der Waals surface area contributed by atoms with Gasteiger partial charge in [-0.2, -0.15) is 0 Å². The number of carboxylic acids is 1. The summed E-state index contributed by atoms with van der Waals surface area (Å²) in [4.78, 5) is 21.4. The summed E-state index contributed by atoms with van der Waals surface area (Å²) in [5, 5.41) is 8.46. The average Bonchev–Trinajstić information content (AvgIpc) is 1.86. The highest BCUT2D eigenvalue weighted by Gasteiger charge is 2.45. The van der Waals surface area contributed by atoms with E-state index in [1.807, 2.05) is 6.92 Å². The van der Waals surface area contributed by atoms with Crippen LogP contribution < -0.4 is 0 Å². The third-order valence-electron chi connectivity index (χ3n) is 2.66. The van der Waals surface area contributed by atoms with Crippen LogP contribution in [0.2, 0.25) is 0 Å². The highest BCUT2D eigenvalue weighted by Crippen LogP contribution is 2.44. The number of Topliss-reactive ketones (excluding diaryl/α,β-unsaturated/α-hetero) is 1. The maximum absolute atomic E-state index is 11.1. The van der Waals surface area contributed by atoms with E-state index in [0.717, 1.165) is 19.3 Å². The number of carboxylic acid groups (broad SMARTS) is 1. The molecule has 0 heterocycles. The molecular formula is C8H12O3. The van der Waals surface area contributed by atoms with Crippen molar-refractivity contribution in [3.63, 3.8) is 0 Å². The molecule has 1 aliphatic carbocycles. The average molecular weight is 156 g/mol. The fourth-order valence-electron chi connectivity index (χ4n) is 1.57. The van der Waals surface area contributed by atoms with E-state index in [-0.39, 0.29) is 0 Å². The van der Waals surface area contributed by atoms with Crippen LogP contribution >= 0.6 is 0 Å². The number of hydrogen-bond donors (Lipinski definition) is 1. The summed E-state index contributed by atoms with van der Waals surface area (Å²) in [5.74, 6) is -1.86. The van der Waals surface area contributed by atoms with Crippen LogP contribution in [0.15, 0.2) is 0 Å². The van der Waals surface area contributed by atoms with Gasteiger partial charge in [0, 0.05) is 5.41 Å². The summed E-state index contributed by atoms with van der Waals surface area (Å²) < 4.78 is 0. The molecule has 3 nitrogen and oxygen atoms in total. The van der Waals surface area contributed by atoms with Crippen LogP contribution in [0.4, 0.5) is 0 Å². The molecule has 0 aliphatic heterocycles. The molecule has 11 heavy (non-hydrogen) atoms. The molecule has 0 amide bonds. The molecule has 0 atom stereocenters. The molecule has 1 rings (SSSR count). The van der Waals surface area contributed by atoms with E-state index in [9.17, 15) is 9.59 Å². The van der Waals surface area contributed by atoms with E-state index in [1.54, 1.807) is 0 Å². The zero-order chi connectivity index (χ0) is 8.48. The lowest BCUT2D eigenvalue weighted by atomic mass is 9.64. The summed E-state index contributed by atoms with van der Waals surface area (Å²) in [6.45, 7) is 1.88. The number of carbonyl (C=O) groups excluding carboxylic acids is 1. The Bertz CT molecular complexity index is 186. The van der Waals surface area contributed by atoms with E-state index in [2.05, 4.69) is 0 Å². The molecule has 3 heteroatoms. The van der Waals surface area contributed by atoms with Crippen LogP contribution in [0.3, 0.4) is 0 Å². The van der Waals surface area contributed by atoms with Gasteiger partial charge in [0.05, 0.1) is 0 Å². The first-order valence-corrected chi connectivity index (χ1v) is 3.90. The smallest absolute Gasteiger partial charge is 0.372 e. The molecule has 0 unspecified atom stereocenters. The molecule has 1 saturated carbocycles. The predicted octanol–water partition coefficient (Wildman–Crippen LogP) is 1.22. The van der Waals surface area contributed by atoms with Crippen molar-refractivity contribution in [2.45, 2.75) is 32.6 Å². The topological polar surface area (TPSA) is 54.4 Å². The quantitative estimate of drug-likeness (QED) is 0.625. The van der Waals surface area contributed by atoms with Crippen molar-refractivity contribution in [1.82, 2.24) is 0 Å². The van der Waals surface area contributed by atoms with Crippen LogP contribution in [0.1, 0.15) is 32.6 Å². The molecule has 1 N–H and O–H groups in total. The molecule has 0 aromatic heterocycles. The second kappa shape index (κ2) is 2.64. The molecule has 1 aliphatic rings. The molecule has 0 radical (unpaired) electrons. The Hall–Kier alpha value is -0.860. The van der Waals surface area contributed by atoms with E-state index in [4.69, 9.17) is 5.11 Å². The van der Waals surface area contributed by atoms with Gasteiger partial charge in [-0.05, 0) is 19.3 Å². The van der Waals surface area contributed by atoms with Crippen molar-refractivity contribution in [3.8, 4) is 0 Å². The van der Waals surface area contributed by atoms with Crippen molar-refractivity contribution in [2.75, 3.05) is 0 Å². The van der Waals surface area contributed by atoms with Gasteiger partial charge in [0.1, 0.15) is 0 Å². The van der Waals surface area contributed by atoms with Crippen molar-refractivity contribution in [3.05, 3.63) is 0 Å². The SMILES string of the molecule is CCC1(C(=O)C(=O)O)CCC1. The Labute approximate surface area is 65.4 Å². The van der Waals surface area contributed by atoms with Gasteiger partial charge in [0.2, 0.25) is 5.78 Å². The maximum atomic E-state index is 11.1. The van der Waals surface area contributed by atoms with E-state index in [1.165, 1.54) is 0 Å². The van der Waals surface area contributed by atoms with E-state index >= 15 is 0 Å². The standard InChI is InChI=1S/C8H12O3/c1-2-8(4-3-5-8)6(9)7(10)11/h2-5H2,1H3,(H,10,11). The third-order valence-corrected chi connectivity index (χ3v) is 2.66. The molecule has 0 aromatic carbocycles. The molecule has 62 valence electrons. The molecule has 0 aromatic rings. The van der Waals surface area contributed by atoms with Gasteiger partial charge in [-0.1, -0.05) is 13.3 Å². The number of rotatable bonds is 3. The second-order valence-electron chi connectivity index (χ2n) is 3.12. The second-order valence-corrected chi connectivity index (χ2v) is 3.12. The van der Waals surface area contributed by atoms with Crippen LogP contribution in [0.5, 0.6) is 0 Å². The highest BCUT2D eigenvalue weighted by atomic mass is 16.4. The Balaban J connectivity index is 2.70. The summed E-state index contributed by atoms with van der Waals surface area (Å²) in [6.07, 6.45) is 3.17. The number of aliphatic carboxylic acids is 1. The first-order chi connectivity index (χ1) is 5.12. The van der Waals surface area contributed by atoms with Crippen LogP contribution in [0.25, 0.3) is 0 Å². The van der Waals surface area contributed by atoms with Gasteiger partial charge in [-0.25, -0.2) is 4.79 Å². The minimum Gasteiger partial charge on any atom is -0.475 e. The predicted molar refractivity (Wildman–Crippen MR) is 39.2 cm³/mol. The maximum Gasteiger partial charge on any atom is 0.372 e. The first kappa shape index (κ1) is 8.24. The number of carbonyl (C=O) groups is 2.